The number of urea groups is 1. The highest BCUT2D eigenvalue weighted by molar-refractivity contribution is 5.91. The molecule has 2 saturated carbocycles. The number of hydrogen-bond acceptors (Lipinski definition) is 2. The first-order valence-electron chi connectivity index (χ1n) is 9.98. The number of rotatable bonds is 5. The molecule has 0 bridgehead atoms. The van der Waals surface area contributed by atoms with Crippen molar-refractivity contribution in [2.45, 2.75) is 76.4 Å². The first-order valence-corrected chi connectivity index (χ1v) is 9.98. The minimum atomic E-state index is -0.746. The Kier molecular flexibility index (Phi) is 6.17. The quantitative estimate of drug-likeness (QED) is 0.755. The minimum absolute atomic E-state index is 0.00409. The fraction of sp³-hybridized carbons (Fsp3) is 0.619. The molecule has 0 atom stereocenters. The molecular formula is C21H31N3O2. The van der Waals surface area contributed by atoms with Crippen LogP contribution in [0, 0.1) is 5.92 Å². The van der Waals surface area contributed by atoms with Crippen LogP contribution in [0.2, 0.25) is 0 Å². The molecule has 0 aromatic heterocycles. The highest BCUT2D eigenvalue weighted by atomic mass is 16.2. The SMILES string of the molecule is CC1CCC(NC(=O)C2(NC(=O)NCc3ccccc3)CCCC2)CC1. The molecule has 1 aromatic rings. The van der Waals surface area contributed by atoms with Gasteiger partial charge < -0.3 is 16.0 Å². The molecule has 3 amide bonds. The van der Waals surface area contributed by atoms with Crippen LogP contribution >= 0.6 is 0 Å². The van der Waals surface area contributed by atoms with Crippen molar-refractivity contribution in [1.29, 1.82) is 0 Å². The Bertz CT molecular complexity index is 603. The van der Waals surface area contributed by atoms with E-state index in [1.165, 1.54) is 12.8 Å². The molecule has 26 heavy (non-hydrogen) atoms. The van der Waals surface area contributed by atoms with Crippen LogP contribution < -0.4 is 16.0 Å². The summed E-state index contributed by atoms with van der Waals surface area (Å²) >= 11 is 0. The molecule has 0 saturated heterocycles. The monoisotopic (exact) mass is 357 g/mol. The lowest BCUT2D eigenvalue weighted by Gasteiger charge is -2.33. The number of carbonyl (C=O) groups is 2. The van der Waals surface area contributed by atoms with Gasteiger partial charge in [-0.05, 0) is 50.0 Å². The fourth-order valence-corrected chi connectivity index (χ4v) is 4.16. The van der Waals surface area contributed by atoms with Gasteiger partial charge in [0.1, 0.15) is 5.54 Å². The molecule has 0 spiro atoms. The zero-order chi connectivity index (χ0) is 18.4. The number of nitrogens with one attached hydrogen (secondary N) is 3. The molecule has 3 N–H and O–H groups in total. The highest BCUT2D eigenvalue weighted by Gasteiger charge is 2.43. The van der Waals surface area contributed by atoms with E-state index in [1.807, 2.05) is 30.3 Å². The van der Waals surface area contributed by atoms with Gasteiger partial charge in [-0.25, -0.2) is 4.79 Å². The average molecular weight is 357 g/mol. The van der Waals surface area contributed by atoms with Gasteiger partial charge in [-0.15, -0.1) is 0 Å². The first-order chi connectivity index (χ1) is 12.6. The van der Waals surface area contributed by atoms with Gasteiger partial charge in [-0.3, -0.25) is 4.79 Å². The van der Waals surface area contributed by atoms with Crippen molar-refractivity contribution in [3.05, 3.63) is 35.9 Å². The Morgan fingerprint density at radius 2 is 1.69 bits per heavy atom. The normalized spacial score (nSPS) is 24.7. The van der Waals surface area contributed by atoms with E-state index in [2.05, 4.69) is 22.9 Å². The van der Waals surface area contributed by atoms with Crippen molar-refractivity contribution < 1.29 is 9.59 Å². The molecule has 142 valence electrons. The number of carbonyl (C=O) groups excluding carboxylic acids is 2. The van der Waals surface area contributed by atoms with Gasteiger partial charge >= 0.3 is 6.03 Å². The van der Waals surface area contributed by atoms with Gasteiger partial charge in [0, 0.05) is 12.6 Å². The third-order valence-electron chi connectivity index (χ3n) is 5.89. The Hall–Kier alpha value is -2.04. The van der Waals surface area contributed by atoms with E-state index < -0.39 is 5.54 Å². The average Bonchev–Trinajstić information content (AvgIpc) is 3.12. The largest absolute Gasteiger partial charge is 0.351 e. The van der Waals surface area contributed by atoms with Crippen molar-refractivity contribution >= 4 is 11.9 Å². The molecule has 1 aromatic carbocycles. The number of benzene rings is 1. The van der Waals surface area contributed by atoms with Crippen molar-refractivity contribution in [3.8, 4) is 0 Å². The van der Waals surface area contributed by atoms with E-state index in [4.69, 9.17) is 0 Å². The summed E-state index contributed by atoms with van der Waals surface area (Å²) in [5.74, 6) is 0.759. The lowest BCUT2D eigenvalue weighted by Crippen LogP contribution is -2.60. The molecule has 0 heterocycles. The minimum Gasteiger partial charge on any atom is -0.351 e. The van der Waals surface area contributed by atoms with Gasteiger partial charge in [0.15, 0.2) is 0 Å². The van der Waals surface area contributed by atoms with Gasteiger partial charge in [0.05, 0.1) is 0 Å². The molecule has 0 aliphatic heterocycles. The highest BCUT2D eigenvalue weighted by Crippen LogP contribution is 2.31. The van der Waals surface area contributed by atoms with Crippen LogP contribution in [-0.4, -0.2) is 23.5 Å². The van der Waals surface area contributed by atoms with Gasteiger partial charge in [0.2, 0.25) is 5.91 Å². The van der Waals surface area contributed by atoms with Crippen LogP contribution in [0.1, 0.15) is 63.9 Å². The summed E-state index contributed by atoms with van der Waals surface area (Å²) < 4.78 is 0. The Balaban J connectivity index is 1.54. The second-order valence-electron chi connectivity index (χ2n) is 8.01. The number of amides is 3. The zero-order valence-electron chi connectivity index (χ0n) is 15.7. The first kappa shape index (κ1) is 18.7. The lowest BCUT2D eigenvalue weighted by atomic mass is 9.86. The Morgan fingerprint density at radius 3 is 2.35 bits per heavy atom. The summed E-state index contributed by atoms with van der Waals surface area (Å²) in [6.45, 7) is 2.74. The topological polar surface area (TPSA) is 70.2 Å². The third-order valence-corrected chi connectivity index (χ3v) is 5.89. The van der Waals surface area contributed by atoms with Crippen LogP contribution in [0.25, 0.3) is 0 Å². The maximum Gasteiger partial charge on any atom is 0.315 e. The summed E-state index contributed by atoms with van der Waals surface area (Å²) in [6, 6.07) is 9.80. The second-order valence-corrected chi connectivity index (χ2v) is 8.01. The molecule has 2 fully saturated rings. The third kappa shape index (κ3) is 4.77. The van der Waals surface area contributed by atoms with Gasteiger partial charge in [-0.2, -0.15) is 0 Å². The fourth-order valence-electron chi connectivity index (χ4n) is 4.16. The van der Waals surface area contributed by atoms with E-state index in [0.717, 1.165) is 50.0 Å². The molecule has 5 heteroatoms. The number of hydrogen-bond donors (Lipinski definition) is 3. The van der Waals surface area contributed by atoms with Crippen LogP contribution in [0.15, 0.2) is 30.3 Å². The van der Waals surface area contributed by atoms with Crippen LogP contribution in [0.3, 0.4) is 0 Å². The molecular weight excluding hydrogens is 326 g/mol. The molecule has 0 radical (unpaired) electrons. The predicted octanol–water partition coefficient (Wildman–Crippen LogP) is 3.49. The van der Waals surface area contributed by atoms with Crippen molar-refractivity contribution in [2.75, 3.05) is 0 Å². The second kappa shape index (κ2) is 8.56. The Morgan fingerprint density at radius 1 is 1.04 bits per heavy atom. The van der Waals surface area contributed by atoms with Crippen molar-refractivity contribution in [1.82, 2.24) is 16.0 Å². The molecule has 2 aliphatic rings. The Labute approximate surface area is 156 Å². The van der Waals surface area contributed by atoms with E-state index >= 15 is 0 Å². The molecule has 3 rings (SSSR count). The smallest absolute Gasteiger partial charge is 0.315 e. The van der Waals surface area contributed by atoms with Crippen LogP contribution in [0.4, 0.5) is 4.79 Å². The molecule has 5 nitrogen and oxygen atoms in total. The summed E-state index contributed by atoms with van der Waals surface area (Å²) in [4.78, 5) is 25.4. The van der Waals surface area contributed by atoms with Crippen LogP contribution in [-0.2, 0) is 11.3 Å². The van der Waals surface area contributed by atoms with E-state index in [9.17, 15) is 9.59 Å². The van der Waals surface area contributed by atoms with E-state index in [-0.39, 0.29) is 18.0 Å². The molecule has 0 unspecified atom stereocenters. The summed E-state index contributed by atoms with van der Waals surface area (Å²) in [6.07, 6.45) is 7.84. The zero-order valence-corrected chi connectivity index (χ0v) is 15.7. The van der Waals surface area contributed by atoms with Crippen molar-refractivity contribution in [3.63, 3.8) is 0 Å². The predicted molar refractivity (Wildman–Crippen MR) is 103 cm³/mol. The van der Waals surface area contributed by atoms with E-state index in [0.29, 0.717) is 6.54 Å². The summed E-state index contributed by atoms with van der Waals surface area (Å²) in [5, 5.41) is 9.10. The van der Waals surface area contributed by atoms with Gasteiger partial charge in [-0.1, -0.05) is 50.1 Å². The van der Waals surface area contributed by atoms with Gasteiger partial charge in [0.25, 0.3) is 0 Å². The lowest BCUT2D eigenvalue weighted by molar-refractivity contribution is -0.128. The maximum absolute atomic E-state index is 13.0. The summed E-state index contributed by atoms with van der Waals surface area (Å²) in [7, 11) is 0. The maximum atomic E-state index is 13.0. The van der Waals surface area contributed by atoms with E-state index in [1.54, 1.807) is 0 Å². The van der Waals surface area contributed by atoms with Crippen LogP contribution in [0.5, 0.6) is 0 Å². The van der Waals surface area contributed by atoms with Crippen molar-refractivity contribution in [2.24, 2.45) is 5.92 Å². The standard InChI is InChI=1S/C21H31N3O2/c1-16-9-11-18(12-10-16)23-19(25)21(13-5-6-14-21)24-20(26)22-15-17-7-3-2-4-8-17/h2-4,7-8,16,18H,5-6,9-15H2,1H3,(H,23,25)(H2,22,24,26). The molecule has 2 aliphatic carbocycles. The summed E-state index contributed by atoms with van der Waals surface area (Å²) in [5.41, 5.74) is 0.299.